The second-order valence-corrected chi connectivity index (χ2v) is 6.72. The van der Waals surface area contributed by atoms with Gasteiger partial charge in [0.05, 0.1) is 23.2 Å². The molecule has 3 aromatic carbocycles. The van der Waals surface area contributed by atoms with Crippen LogP contribution in [0.25, 0.3) is 11.4 Å². The predicted molar refractivity (Wildman–Crippen MR) is 117 cm³/mol. The molecule has 0 saturated carbocycles. The first kappa shape index (κ1) is 20.5. The average Bonchev–Trinajstić information content (AvgIpc) is 3.29. The lowest BCUT2D eigenvalue weighted by Crippen LogP contribution is -2.17. The highest BCUT2D eigenvalue weighted by molar-refractivity contribution is 5.95. The summed E-state index contributed by atoms with van der Waals surface area (Å²) in [5.41, 5.74) is 4.74. The van der Waals surface area contributed by atoms with Crippen LogP contribution in [0.2, 0.25) is 0 Å². The first-order valence-corrected chi connectivity index (χ1v) is 9.59. The Morgan fingerprint density at radius 1 is 1.03 bits per heavy atom. The molecule has 0 bridgehead atoms. The average molecular weight is 427 g/mol. The number of benzene rings is 3. The zero-order valence-electron chi connectivity index (χ0n) is 16.7. The third-order valence-electron chi connectivity index (χ3n) is 4.53. The summed E-state index contributed by atoms with van der Waals surface area (Å²) >= 11 is 0. The van der Waals surface area contributed by atoms with E-state index in [0.29, 0.717) is 23.5 Å². The third-order valence-corrected chi connectivity index (χ3v) is 4.53. The van der Waals surface area contributed by atoms with Crippen molar-refractivity contribution in [3.05, 3.63) is 106 Å². The lowest BCUT2D eigenvalue weighted by molar-refractivity contribution is -0.385. The molecule has 1 N–H and O–H groups in total. The van der Waals surface area contributed by atoms with E-state index in [1.54, 1.807) is 42.5 Å². The van der Waals surface area contributed by atoms with Crippen LogP contribution in [-0.4, -0.2) is 37.3 Å². The summed E-state index contributed by atoms with van der Waals surface area (Å²) in [6.45, 7) is 0.400. The van der Waals surface area contributed by atoms with E-state index in [9.17, 15) is 14.9 Å². The summed E-state index contributed by atoms with van der Waals surface area (Å²) in [6, 6.07) is 22.6. The summed E-state index contributed by atoms with van der Waals surface area (Å²) < 4.78 is 0. The second-order valence-electron chi connectivity index (χ2n) is 6.72. The summed E-state index contributed by atoms with van der Waals surface area (Å²) in [5, 5.41) is 27.3. The molecule has 0 aliphatic rings. The van der Waals surface area contributed by atoms with Gasteiger partial charge in [0, 0.05) is 17.2 Å². The minimum absolute atomic E-state index is 0.0907. The van der Waals surface area contributed by atoms with Gasteiger partial charge in [0.2, 0.25) is 5.82 Å². The molecule has 10 heteroatoms. The number of para-hydroxylation sites is 1. The molecule has 0 unspecified atom stereocenters. The maximum absolute atomic E-state index is 12.3. The van der Waals surface area contributed by atoms with Gasteiger partial charge in [0.25, 0.3) is 11.6 Å². The maximum atomic E-state index is 12.3. The van der Waals surface area contributed by atoms with E-state index in [4.69, 9.17) is 0 Å². The van der Waals surface area contributed by atoms with E-state index in [1.807, 2.05) is 30.3 Å². The molecule has 1 amide bonds. The normalized spacial score (nSPS) is 10.9. The Morgan fingerprint density at radius 2 is 1.75 bits per heavy atom. The zero-order valence-corrected chi connectivity index (χ0v) is 16.7. The van der Waals surface area contributed by atoms with E-state index < -0.39 is 10.8 Å². The topological polar surface area (TPSA) is 128 Å². The van der Waals surface area contributed by atoms with Gasteiger partial charge in [-0.15, -0.1) is 10.2 Å². The monoisotopic (exact) mass is 427 g/mol. The van der Waals surface area contributed by atoms with Crippen LogP contribution in [0, 0.1) is 10.1 Å². The van der Waals surface area contributed by atoms with Crippen molar-refractivity contribution in [2.45, 2.75) is 6.54 Å². The van der Waals surface area contributed by atoms with Gasteiger partial charge < -0.3 is 0 Å². The van der Waals surface area contributed by atoms with E-state index in [-0.39, 0.29) is 5.69 Å². The SMILES string of the molecule is O=C(N/N=C/c1ccccc1[N+](=O)[O-])c1ccc(Cn2nnc(-c3ccccc3)n2)cc1. The second kappa shape index (κ2) is 9.39. The molecule has 1 aromatic heterocycles. The van der Waals surface area contributed by atoms with Crippen LogP contribution < -0.4 is 5.43 Å². The van der Waals surface area contributed by atoms with Crippen molar-refractivity contribution in [2.75, 3.05) is 0 Å². The van der Waals surface area contributed by atoms with E-state index in [2.05, 4.69) is 25.9 Å². The molecule has 32 heavy (non-hydrogen) atoms. The van der Waals surface area contributed by atoms with E-state index in [0.717, 1.165) is 11.1 Å². The maximum Gasteiger partial charge on any atom is 0.278 e. The molecule has 0 radical (unpaired) electrons. The zero-order chi connectivity index (χ0) is 22.3. The molecule has 0 atom stereocenters. The smallest absolute Gasteiger partial charge is 0.267 e. The van der Waals surface area contributed by atoms with Crippen molar-refractivity contribution >= 4 is 17.8 Å². The summed E-state index contributed by atoms with van der Waals surface area (Å²) in [5.74, 6) is 0.106. The highest BCUT2D eigenvalue weighted by atomic mass is 16.6. The van der Waals surface area contributed by atoms with Crippen molar-refractivity contribution in [3.63, 3.8) is 0 Å². The third kappa shape index (κ3) is 4.87. The van der Waals surface area contributed by atoms with Gasteiger partial charge in [0.15, 0.2) is 0 Å². The molecular formula is C22H17N7O3. The summed E-state index contributed by atoms with van der Waals surface area (Å²) in [6.07, 6.45) is 1.24. The molecule has 4 rings (SSSR count). The largest absolute Gasteiger partial charge is 0.278 e. The number of nitro groups is 1. The standard InChI is InChI=1S/C22H17N7O3/c30-22(25-23-14-19-8-4-5-9-20(19)29(31)32)18-12-10-16(11-13-18)15-28-26-21(24-27-28)17-6-2-1-3-7-17/h1-14H,15H2,(H,25,30)/b23-14+. The van der Waals surface area contributed by atoms with Crippen LogP contribution in [0.5, 0.6) is 0 Å². The van der Waals surface area contributed by atoms with Crippen LogP contribution in [0.15, 0.2) is 84.0 Å². The number of carbonyl (C=O) groups is 1. The molecular weight excluding hydrogens is 410 g/mol. The van der Waals surface area contributed by atoms with Gasteiger partial charge >= 0.3 is 0 Å². The summed E-state index contributed by atoms with van der Waals surface area (Å²) in [7, 11) is 0. The number of hydrogen-bond acceptors (Lipinski definition) is 7. The predicted octanol–water partition coefficient (Wildman–Crippen LogP) is 3.06. The number of nitro benzene ring substituents is 1. The number of hydrazone groups is 1. The van der Waals surface area contributed by atoms with Crippen molar-refractivity contribution in [2.24, 2.45) is 5.10 Å². The van der Waals surface area contributed by atoms with Gasteiger partial charge in [-0.1, -0.05) is 54.6 Å². The number of nitrogens with zero attached hydrogens (tertiary/aromatic N) is 6. The van der Waals surface area contributed by atoms with Crippen LogP contribution in [0.1, 0.15) is 21.5 Å². The Labute approximate surface area is 182 Å². The van der Waals surface area contributed by atoms with Gasteiger partial charge in [-0.3, -0.25) is 14.9 Å². The van der Waals surface area contributed by atoms with Crippen molar-refractivity contribution in [1.82, 2.24) is 25.6 Å². The lowest BCUT2D eigenvalue weighted by atomic mass is 10.1. The Morgan fingerprint density at radius 3 is 2.50 bits per heavy atom. The Balaban J connectivity index is 1.37. The number of tetrazole rings is 1. The molecule has 1 heterocycles. The van der Waals surface area contributed by atoms with Crippen LogP contribution in [0.3, 0.4) is 0 Å². The molecule has 0 saturated heterocycles. The van der Waals surface area contributed by atoms with Crippen molar-refractivity contribution in [1.29, 1.82) is 0 Å². The van der Waals surface area contributed by atoms with Gasteiger partial charge in [0.1, 0.15) is 0 Å². The molecule has 0 spiro atoms. The van der Waals surface area contributed by atoms with Crippen LogP contribution in [-0.2, 0) is 6.54 Å². The number of rotatable bonds is 7. The van der Waals surface area contributed by atoms with Crippen LogP contribution >= 0.6 is 0 Å². The highest BCUT2D eigenvalue weighted by Crippen LogP contribution is 2.15. The van der Waals surface area contributed by atoms with Crippen molar-refractivity contribution in [3.8, 4) is 11.4 Å². The fraction of sp³-hybridized carbons (Fsp3) is 0.0455. The number of nitrogens with one attached hydrogen (secondary N) is 1. The van der Waals surface area contributed by atoms with Gasteiger partial charge in [-0.05, 0) is 29.0 Å². The molecule has 4 aromatic rings. The quantitative estimate of drug-likeness (QED) is 0.274. The van der Waals surface area contributed by atoms with Gasteiger partial charge in [-0.25, -0.2) is 5.43 Å². The molecule has 0 aliphatic heterocycles. The first-order valence-electron chi connectivity index (χ1n) is 9.59. The highest BCUT2D eigenvalue weighted by Gasteiger charge is 2.11. The fourth-order valence-corrected chi connectivity index (χ4v) is 2.93. The van der Waals surface area contributed by atoms with E-state index in [1.165, 1.54) is 17.1 Å². The number of amides is 1. The Hall–Kier alpha value is -4.73. The fourth-order valence-electron chi connectivity index (χ4n) is 2.93. The Kier molecular flexibility index (Phi) is 6.03. The van der Waals surface area contributed by atoms with Gasteiger partial charge in [-0.2, -0.15) is 9.90 Å². The molecule has 10 nitrogen and oxygen atoms in total. The number of hydrogen-bond donors (Lipinski definition) is 1. The molecule has 0 fully saturated rings. The Bertz CT molecular complexity index is 1270. The molecule has 158 valence electrons. The minimum Gasteiger partial charge on any atom is -0.267 e. The van der Waals surface area contributed by atoms with E-state index >= 15 is 0 Å². The van der Waals surface area contributed by atoms with Crippen LogP contribution in [0.4, 0.5) is 5.69 Å². The van der Waals surface area contributed by atoms with Crippen molar-refractivity contribution < 1.29 is 9.72 Å². The number of aromatic nitrogens is 4. The summed E-state index contributed by atoms with van der Waals surface area (Å²) in [4.78, 5) is 24.3. The minimum atomic E-state index is -0.505. The lowest BCUT2D eigenvalue weighted by Gasteiger charge is -2.03. The number of carbonyl (C=O) groups excluding carboxylic acids is 1. The molecule has 0 aliphatic carbocycles. The first-order chi connectivity index (χ1) is 15.6.